The molecule has 0 radical (unpaired) electrons. The number of nitrogens with zero attached hydrogens (tertiary/aromatic N) is 3. The molecule has 5 N–H and O–H groups in total. The van der Waals surface area contributed by atoms with Crippen LogP contribution in [0.15, 0.2) is 23.2 Å². The second-order valence-electron chi connectivity index (χ2n) is 12.8. The van der Waals surface area contributed by atoms with Crippen molar-refractivity contribution in [2.75, 3.05) is 23.3 Å². The van der Waals surface area contributed by atoms with Crippen LogP contribution in [0, 0.1) is 18.3 Å². The van der Waals surface area contributed by atoms with Crippen LogP contribution >= 0.6 is 23.2 Å². The number of rotatable bonds is 7. The molecule has 1 saturated carbocycles. The summed E-state index contributed by atoms with van der Waals surface area (Å²) in [5.74, 6) is -1.93. The Hall–Kier alpha value is -3.32. The van der Waals surface area contributed by atoms with E-state index in [1.807, 2.05) is 0 Å². The molecule has 0 bridgehead atoms. The third-order valence-electron chi connectivity index (χ3n) is 8.16. The highest BCUT2D eigenvalue weighted by molar-refractivity contribution is 6.39. The summed E-state index contributed by atoms with van der Waals surface area (Å²) >= 11 is 13.0. The maximum atomic E-state index is 14.1. The summed E-state index contributed by atoms with van der Waals surface area (Å²) in [5, 5.41) is 9.01. The molecular formula is C31H39Cl2F4N7O2. The van der Waals surface area contributed by atoms with Crippen molar-refractivity contribution in [3.05, 3.63) is 45.1 Å². The van der Waals surface area contributed by atoms with Gasteiger partial charge in [-0.2, -0.15) is 13.2 Å². The van der Waals surface area contributed by atoms with E-state index in [0.29, 0.717) is 23.5 Å². The van der Waals surface area contributed by atoms with Crippen LogP contribution in [0.1, 0.15) is 74.5 Å². The number of benzene rings is 1. The number of alkyl halides is 4. The average molecular weight is 689 g/mol. The Bertz CT molecular complexity index is 1490. The van der Waals surface area contributed by atoms with Crippen LogP contribution in [0.2, 0.25) is 10.0 Å². The van der Waals surface area contributed by atoms with E-state index >= 15 is 0 Å². The predicted molar refractivity (Wildman–Crippen MR) is 173 cm³/mol. The largest absolute Gasteiger partial charge is 0.391 e. The molecule has 4 rings (SSSR count). The number of aromatic nitrogens is 1. The number of amides is 2. The van der Waals surface area contributed by atoms with E-state index < -0.39 is 35.6 Å². The van der Waals surface area contributed by atoms with Crippen LogP contribution in [0.25, 0.3) is 0 Å². The van der Waals surface area contributed by atoms with Gasteiger partial charge in [-0.05, 0) is 56.7 Å². The van der Waals surface area contributed by atoms with Crippen LogP contribution in [0.5, 0.6) is 0 Å². The minimum Gasteiger partial charge on any atom is -0.369 e. The number of guanidine groups is 1. The van der Waals surface area contributed by atoms with E-state index in [9.17, 15) is 27.2 Å². The van der Waals surface area contributed by atoms with Gasteiger partial charge in [-0.15, -0.1) is 0 Å². The molecule has 1 aromatic heterocycles. The summed E-state index contributed by atoms with van der Waals surface area (Å²) < 4.78 is 53.6. The molecule has 252 valence electrons. The normalized spacial score (nSPS) is 20.9. The van der Waals surface area contributed by atoms with E-state index in [1.165, 1.54) is 6.07 Å². The molecule has 46 heavy (non-hydrogen) atoms. The number of hydrogen-bond donors (Lipinski definition) is 4. The highest BCUT2D eigenvalue weighted by Crippen LogP contribution is 2.38. The molecule has 1 aliphatic carbocycles. The van der Waals surface area contributed by atoms with Crippen LogP contribution < -0.4 is 26.6 Å². The average Bonchev–Trinajstić information content (AvgIpc) is 3.40. The van der Waals surface area contributed by atoms with Gasteiger partial charge in [-0.3, -0.25) is 9.59 Å². The van der Waals surface area contributed by atoms with E-state index in [1.54, 1.807) is 44.7 Å². The minimum absolute atomic E-state index is 0.0589. The molecule has 1 saturated heterocycles. The van der Waals surface area contributed by atoms with E-state index in [2.05, 4.69) is 25.9 Å². The molecule has 2 aromatic rings. The number of aryl methyl sites for hydroxylation is 1. The van der Waals surface area contributed by atoms with Crippen molar-refractivity contribution in [3.8, 4) is 0 Å². The number of halogens is 6. The number of carbonyl (C=O) groups is 2. The van der Waals surface area contributed by atoms with Gasteiger partial charge in [0.05, 0.1) is 39.5 Å². The summed E-state index contributed by atoms with van der Waals surface area (Å²) in [4.78, 5) is 36.5. The molecule has 2 fully saturated rings. The third kappa shape index (κ3) is 8.72. The fourth-order valence-electron chi connectivity index (χ4n) is 5.41. The Morgan fingerprint density at radius 2 is 1.78 bits per heavy atom. The first-order valence-corrected chi connectivity index (χ1v) is 15.8. The van der Waals surface area contributed by atoms with Crippen LogP contribution in [0.4, 0.5) is 34.8 Å². The number of hydrogen-bond acceptors (Lipinski definition) is 5. The SMILES string of the molecule is Cc1nc(N2CC[C@H](F)C2)c(C(=O)NC2CCC(C(F)(F)F)CC2)cc1NC(N)=Nc1c(Cl)ccc(CNC(=O)C(C)(C)C)c1Cl. The number of nitrogens with one attached hydrogen (secondary N) is 3. The number of anilines is 2. The van der Waals surface area contributed by atoms with E-state index in [0.717, 1.165) is 0 Å². The van der Waals surface area contributed by atoms with Crippen molar-refractivity contribution in [2.45, 2.75) is 84.7 Å². The summed E-state index contributed by atoms with van der Waals surface area (Å²) in [6, 6.07) is 4.33. The van der Waals surface area contributed by atoms with Crippen molar-refractivity contribution in [1.29, 1.82) is 0 Å². The molecule has 1 atom stereocenters. The van der Waals surface area contributed by atoms with Gasteiger partial charge in [-0.25, -0.2) is 14.4 Å². The highest BCUT2D eigenvalue weighted by atomic mass is 35.5. The summed E-state index contributed by atoms with van der Waals surface area (Å²) in [6.45, 7) is 7.60. The lowest BCUT2D eigenvalue weighted by molar-refractivity contribution is -0.182. The topological polar surface area (TPSA) is 125 Å². The van der Waals surface area contributed by atoms with Gasteiger partial charge in [0, 0.05) is 24.5 Å². The second kappa shape index (κ2) is 14.2. The van der Waals surface area contributed by atoms with Crippen molar-refractivity contribution in [3.63, 3.8) is 0 Å². The Labute approximate surface area is 275 Å². The molecule has 15 heteroatoms. The minimum atomic E-state index is -4.26. The van der Waals surface area contributed by atoms with Gasteiger partial charge in [0.15, 0.2) is 5.96 Å². The molecule has 9 nitrogen and oxygen atoms in total. The molecule has 2 amide bonds. The molecule has 2 aliphatic rings. The zero-order valence-electron chi connectivity index (χ0n) is 26.1. The first-order chi connectivity index (χ1) is 21.4. The lowest BCUT2D eigenvalue weighted by Crippen LogP contribution is -2.40. The fourth-order valence-corrected chi connectivity index (χ4v) is 5.94. The Balaban J connectivity index is 1.58. The lowest BCUT2D eigenvalue weighted by Gasteiger charge is -2.30. The van der Waals surface area contributed by atoms with Gasteiger partial charge < -0.3 is 26.6 Å². The van der Waals surface area contributed by atoms with Crippen molar-refractivity contribution in [1.82, 2.24) is 15.6 Å². The van der Waals surface area contributed by atoms with Gasteiger partial charge in [-0.1, -0.05) is 50.0 Å². The molecule has 2 heterocycles. The standard InChI is InChI=1S/C31H39Cl2F4N7O2/c1-16-23(42-29(38)43-25-22(32)10-5-17(24(25)33)14-39-28(46)30(2,3)4)13-21(26(40-16)44-12-11-19(34)15-44)27(45)41-20-8-6-18(7-9-20)31(35,36)37/h5,10,13,18-20H,6-9,11-12,14-15H2,1-4H3,(H,39,46)(H,41,45)(H3,38,42,43)/t18?,19-,20?/m0/s1. The van der Waals surface area contributed by atoms with Gasteiger partial charge in [0.25, 0.3) is 5.91 Å². The lowest BCUT2D eigenvalue weighted by atomic mass is 9.85. The Morgan fingerprint density at radius 1 is 1.11 bits per heavy atom. The maximum Gasteiger partial charge on any atom is 0.391 e. The van der Waals surface area contributed by atoms with E-state index in [-0.39, 0.29) is 84.2 Å². The molecule has 1 aromatic carbocycles. The van der Waals surface area contributed by atoms with Gasteiger partial charge in [0.2, 0.25) is 5.91 Å². The van der Waals surface area contributed by atoms with Crippen molar-refractivity contribution in [2.24, 2.45) is 22.1 Å². The number of carbonyl (C=O) groups excluding carboxylic acids is 2. The fraction of sp³-hybridized carbons (Fsp3) is 0.548. The summed E-state index contributed by atoms with van der Waals surface area (Å²) in [7, 11) is 0. The first-order valence-electron chi connectivity index (χ1n) is 15.1. The van der Waals surface area contributed by atoms with Crippen LogP contribution in [-0.4, -0.2) is 54.2 Å². The Kier molecular flexibility index (Phi) is 11.0. The van der Waals surface area contributed by atoms with Crippen molar-refractivity contribution < 1.29 is 27.2 Å². The number of aliphatic imine (C=N–C) groups is 1. The quantitative estimate of drug-likeness (QED) is 0.144. The number of pyridine rings is 1. The Morgan fingerprint density at radius 3 is 2.37 bits per heavy atom. The smallest absolute Gasteiger partial charge is 0.369 e. The first kappa shape index (κ1) is 35.5. The highest BCUT2D eigenvalue weighted by Gasteiger charge is 2.41. The van der Waals surface area contributed by atoms with Crippen molar-refractivity contribution >= 4 is 58.2 Å². The molecule has 0 unspecified atom stereocenters. The molecular weight excluding hydrogens is 649 g/mol. The zero-order valence-corrected chi connectivity index (χ0v) is 27.6. The molecule has 1 aliphatic heterocycles. The summed E-state index contributed by atoms with van der Waals surface area (Å²) in [6.07, 6.45) is -4.83. The van der Waals surface area contributed by atoms with Crippen LogP contribution in [0.3, 0.4) is 0 Å². The third-order valence-corrected chi connectivity index (χ3v) is 8.88. The van der Waals surface area contributed by atoms with Crippen LogP contribution in [-0.2, 0) is 11.3 Å². The zero-order chi connectivity index (χ0) is 34.0. The predicted octanol–water partition coefficient (Wildman–Crippen LogP) is 6.82. The maximum absolute atomic E-state index is 14.1. The van der Waals surface area contributed by atoms with Gasteiger partial charge in [0.1, 0.15) is 17.7 Å². The van der Waals surface area contributed by atoms with E-state index in [4.69, 9.17) is 28.9 Å². The monoisotopic (exact) mass is 687 g/mol. The number of nitrogens with two attached hydrogens (primary N) is 1. The molecule has 0 spiro atoms. The summed E-state index contributed by atoms with van der Waals surface area (Å²) in [5.41, 5.74) is 7.27. The second-order valence-corrected chi connectivity index (χ2v) is 13.6. The van der Waals surface area contributed by atoms with Gasteiger partial charge >= 0.3 is 6.18 Å².